The van der Waals surface area contributed by atoms with Crippen LogP contribution in [0.15, 0.2) is 0 Å². The normalized spacial score (nSPS) is 13.1. The van der Waals surface area contributed by atoms with E-state index in [2.05, 4.69) is 12.2 Å². The Labute approximate surface area is 231 Å². The molecule has 222 valence electrons. The first-order chi connectivity index (χ1) is 18.1. The van der Waals surface area contributed by atoms with Crippen molar-refractivity contribution in [1.29, 1.82) is 0 Å². The molecule has 2 N–H and O–H groups in total. The van der Waals surface area contributed by atoms with Crippen molar-refractivity contribution < 1.29 is 23.5 Å². The van der Waals surface area contributed by atoms with Gasteiger partial charge in [-0.1, -0.05) is 129 Å². The molecule has 0 aromatic heterocycles. The molecule has 2 atom stereocenters. The molecule has 0 amide bonds. The lowest BCUT2D eigenvalue weighted by atomic mass is 10.0. The molecule has 7 heteroatoms. The second-order valence-corrected chi connectivity index (χ2v) is 11.4. The van der Waals surface area contributed by atoms with E-state index in [1.54, 1.807) is 6.92 Å². The second-order valence-electron chi connectivity index (χ2n) is 10.4. The van der Waals surface area contributed by atoms with Crippen LogP contribution in [0.4, 0.5) is 0 Å². The maximum atomic E-state index is 11.7. The minimum Gasteiger partial charge on any atom is -0.460 e. The molecule has 37 heavy (non-hydrogen) atoms. The zero-order valence-corrected chi connectivity index (χ0v) is 25.7. The molecule has 0 aliphatic carbocycles. The van der Waals surface area contributed by atoms with Gasteiger partial charge in [0, 0.05) is 6.42 Å². The topological polar surface area (TPSA) is 77.0 Å². The quantitative estimate of drug-likeness (QED) is 0.0531. The minimum atomic E-state index is -1.92. The van der Waals surface area contributed by atoms with Crippen LogP contribution in [-0.2, 0) is 18.6 Å². The summed E-state index contributed by atoms with van der Waals surface area (Å²) in [6.45, 7) is 5.55. The first-order valence-corrected chi connectivity index (χ1v) is 16.9. The van der Waals surface area contributed by atoms with Crippen molar-refractivity contribution in [1.82, 2.24) is 5.32 Å². The first kappa shape index (κ1) is 36.7. The van der Waals surface area contributed by atoms with Crippen molar-refractivity contribution in [3.05, 3.63) is 0 Å². The van der Waals surface area contributed by atoms with Crippen LogP contribution in [0.3, 0.4) is 0 Å². The molecule has 0 aromatic carbocycles. The molecule has 0 spiro atoms. The maximum Gasteiger partial charge on any atom is 0.329 e. The van der Waals surface area contributed by atoms with E-state index in [-0.39, 0.29) is 18.7 Å². The summed E-state index contributed by atoms with van der Waals surface area (Å²) in [5.74, 6) is -0.219. The Kier molecular flexibility index (Phi) is 30.1. The van der Waals surface area contributed by atoms with Gasteiger partial charge in [-0.2, -0.15) is 0 Å². The van der Waals surface area contributed by atoms with Gasteiger partial charge in [-0.25, -0.2) is 0 Å². The van der Waals surface area contributed by atoms with E-state index >= 15 is 0 Å². The number of rotatable bonds is 30. The van der Waals surface area contributed by atoms with Crippen molar-refractivity contribution in [3.8, 4) is 0 Å². The van der Waals surface area contributed by atoms with Crippen LogP contribution < -0.4 is 5.32 Å². The first-order valence-electron chi connectivity index (χ1n) is 15.7. The van der Waals surface area contributed by atoms with Crippen LogP contribution in [0.2, 0.25) is 0 Å². The molecule has 0 radical (unpaired) electrons. The molecule has 0 fully saturated rings. The molecule has 0 bridgehead atoms. The van der Waals surface area contributed by atoms with Crippen molar-refractivity contribution in [2.24, 2.45) is 0 Å². The Balaban J connectivity index is 3.58. The lowest BCUT2D eigenvalue weighted by Gasteiger charge is -2.19. The molecular weight excluding hydrogens is 485 g/mol. The van der Waals surface area contributed by atoms with E-state index in [1.807, 2.05) is 7.05 Å². The van der Waals surface area contributed by atoms with Crippen LogP contribution in [0.1, 0.15) is 155 Å². The summed E-state index contributed by atoms with van der Waals surface area (Å²) in [7, 11) is -0.0389. The predicted molar refractivity (Wildman–Crippen MR) is 158 cm³/mol. The monoisotopic (exact) mass is 547 g/mol. The number of hydrogen-bond acceptors (Lipinski definition) is 6. The highest BCUT2D eigenvalue weighted by atomic mass is 31.2. The van der Waals surface area contributed by atoms with E-state index in [4.69, 9.17) is 13.8 Å². The number of hydrogen-bond donors (Lipinski definition) is 2. The standard InChI is InChI=1S/C30H62NO5P/c1-4-6-7-8-9-10-11-12-13-14-15-16-17-18-19-20-21-22-23-25-29(36-30(32)5-2)28-35-37(33)34-27-24-26-31-3/h29,31,33H,4-28H2,1-3H3. The fourth-order valence-corrected chi connectivity index (χ4v) is 5.13. The Morgan fingerprint density at radius 3 is 1.59 bits per heavy atom. The molecule has 0 aliphatic rings. The van der Waals surface area contributed by atoms with Crippen molar-refractivity contribution in [2.75, 3.05) is 26.8 Å². The highest BCUT2D eigenvalue weighted by molar-refractivity contribution is 7.40. The lowest BCUT2D eigenvalue weighted by Crippen LogP contribution is -2.22. The number of carbonyl (C=O) groups is 1. The van der Waals surface area contributed by atoms with Crippen molar-refractivity contribution in [3.63, 3.8) is 0 Å². The zero-order valence-electron chi connectivity index (χ0n) is 24.8. The molecule has 2 unspecified atom stereocenters. The van der Waals surface area contributed by atoms with Gasteiger partial charge in [0.2, 0.25) is 0 Å². The van der Waals surface area contributed by atoms with Gasteiger partial charge < -0.3 is 24.0 Å². The second kappa shape index (κ2) is 30.3. The van der Waals surface area contributed by atoms with Crippen molar-refractivity contribution in [2.45, 2.75) is 161 Å². The third-order valence-electron chi connectivity index (χ3n) is 6.86. The van der Waals surface area contributed by atoms with Crippen LogP contribution >= 0.6 is 8.60 Å². The summed E-state index contributed by atoms with van der Waals surface area (Å²) in [6, 6.07) is 0. The average Bonchev–Trinajstić information content (AvgIpc) is 2.90. The third-order valence-corrected chi connectivity index (χ3v) is 7.63. The predicted octanol–water partition coefficient (Wildman–Crippen LogP) is 8.99. The highest BCUT2D eigenvalue weighted by Gasteiger charge is 2.17. The smallest absolute Gasteiger partial charge is 0.329 e. The summed E-state index contributed by atoms with van der Waals surface area (Å²) < 4.78 is 16.2. The van der Waals surface area contributed by atoms with Gasteiger partial charge in [-0.15, -0.1) is 0 Å². The Bertz CT molecular complexity index is 469. The van der Waals surface area contributed by atoms with E-state index in [0.29, 0.717) is 13.0 Å². The molecule has 0 heterocycles. The van der Waals surface area contributed by atoms with E-state index in [9.17, 15) is 9.69 Å². The molecule has 0 rings (SSSR count). The van der Waals surface area contributed by atoms with Gasteiger partial charge in [-0.05, 0) is 32.9 Å². The molecular formula is C30H62NO5P. The highest BCUT2D eigenvalue weighted by Crippen LogP contribution is 2.33. The van der Waals surface area contributed by atoms with Crippen molar-refractivity contribution >= 4 is 14.6 Å². The molecule has 0 saturated carbocycles. The molecule has 0 aromatic rings. The van der Waals surface area contributed by atoms with Gasteiger partial charge in [0.25, 0.3) is 0 Å². The summed E-state index contributed by atoms with van der Waals surface area (Å²) in [5.41, 5.74) is 0. The Hall–Kier alpha value is -0.260. The Morgan fingerprint density at radius 1 is 0.703 bits per heavy atom. The summed E-state index contributed by atoms with van der Waals surface area (Å²) in [5, 5.41) is 3.03. The van der Waals surface area contributed by atoms with Gasteiger partial charge in [0.05, 0.1) is 13.2 Å². The van der Waals surface area contributed by atoms with Gasteiger partial charge in [-0.3, -0.25) is 4.79 Å². The Morgan fingerprint density at radius 2 is 1.16 bits per heavy atom. The summed E-state index contributed by atoms with van der Waals surface area (Å²) in [4.78, 5) is 21.6. The SMILES string of the molecule is CCCCCCCCCCCCCCCCCCCCCC(COP(O)OCCCNC)OC(=O)CC. The average molecular weight is 548 g/mol. The lowest BCUT2D eigenvalue weighted by molar-refractivity contribution is -0.150. The minimum absolute atomic E-state index is 0.193. The fraction of sp³-hybridized carbons (Fsp3) is 0.967. The number of nitrogens with one attached hydrogen (secondary N) is 1. The molecule has 6 nitrogen and oxygen atoms in total. The summed E-state index contributed by atoms with van der Waals surface area (Å²) in [6.07, 6.45) is 27.4. The fourth-order valence-electron chi connectivity index (χ4n) is 4.47. The van der Waals surface area contributed by atoms with Crippen LogP contribution in [-0.4, -0.2) is 43.8 Å². The van der Waals surface area contributed by atoms with Gasteiger partial charge >= 0.3 is 14.6 Å². The van der Waals surface area contributed by atoms with E-state index in [0.717, 1.165) is 32.2 Å². The van der Waals surface area contributed by atoms with Crippen LogP contribution in [0.25, 0.3) is 0 Å². The van der Waals surface area contributed by atoms with Gasteiger partial charge in [0.1, 0.15) is 6.10 Å². The largest absolute Gasteiger partial charge is 0.460 e. The third kappa shape index (κ3) is 28.6. The number of esters is 1. The van der Waals surface area contributed by atoms with E-state index < -0.39 is 8.60 Å². The maximum absolute atomic E-state index is 11.7. The number of unbranched alkanes of at least 4 members (excludes halogenated alkanes) is 18. The number of carbonyl (C=O) groups excluding carboxylic acids is 1. The zero-order chi connectivity index (χ0) is 27.2. The number of ether oxygens (including phenoxy) is 1. The van der Waals surface area contributed by atoms with Gasteiger partial charge in [0.15, 0.2) is 0 Å². The summed E-state index contributed by atoms with van der Waals surface area (Å²) >= 11 is 0. The molecule has 0 aliphatic heterocycles. The van der Waals surface area contributed by atoms with Crippen LogP contribution in [0.5, 0.6) is 0 Å². The molecule has 0 saturated heterocycles. The van der Waals surface area contributed by atoms with Crippen LogP contribution in [0, 0.1) is 0 Å². The van der Waals surface area contributed by atoms with E-state index in [1.165, 1.54) is 109 Å².